The number of carbonyl (C=O) groups is 2. The van der Waals surface area contributed by atoms with Gasteiger partial charge < -0.3 is 10.1 Å². The van der Waals surface area contributed by atoms with Crippen LogP contribution in [0.3, 0.4) is 0 Å². The average Bonchev–Trinajstić information content (AvgIpc) is 2.82. The van der Waals surface area contributed by atoms with Crippen molar-refractivity contribution in [3.05, 3.63) is 84.4 Å². The lowest BCUT2D eigenvalue weighted by Crippen LogP contribution is -2.23. The summed E-state index contributed by atoms with van der Waals surface area (Å²) in [5.74, 6) is -1.35. The van der Waals surface area contributed by atoms with Crippen LogP contribution in [0.4, 0.5) is 17.1 Å². The maximum atomic E-state index is 12.3. The van der Waals surface area contributed by atoms with Gasteiger partial charge in [0.1, 0.15) is 0 Å². The molecule has 33 heavy (non-hydrogen) atoms. The lowest BCUT2D eigenvalue weighted by Gasteiger charge is -2.12. The van der Waals surface area contributed by atoms with Crippen LogP contribution in [0.25, 0.3) is 0 Å². The van der Waals surface area contributed by atoms with Gasteiger partial charge in [-0.25, -0.2) is 17.5 Å². The van der Waals surface area contributed by atoms with E-state index in [0.717, 1.165) is 9.99 Å². The van der Waals surface area contributed by atoms with Crippen LogP contribution in [-0.4, -0.2) is 45.3 Å². The summed E-state index contributed by atoms with van der Waals surface area (Å²) in [4.78, 5) is 24.3. The van der Waals surface area contributed by atoms with E-state index in [9.17, 15) is 18.0 Å². The van der Waals surface area contributed by atoms with Crippen molar-refractivity contribution in [3.63, 3.8) is 0 Å². The van der Waals surface area contributed by atoms with E-state index in [1.165, 1.54) is 38.4 Å². The minimum absolute atomic E-state index is 0.0267. The van der Waals surface area contributed by atoms with Crippen molar-refractivity contribution in [2.24, 2.45) is 10.2 Å². The molecule has 0 radical (unpaired) electrons. The molecule has 3 rings (SSSR count). The van der Waals surface area contributed by atoms with Crippen LogP contribution < -0.4 is 5.32 Å². The predicted octanol–water partition coefficient (Wildman–Crippen LogP) is 4.15. The van der Waals surface area contributed by atoms with Crippen LogP contribution in [0.1, 0.15) is 10.4 Å². The Hall–Kier alpha value is -3.89. The molecule has 0 saturated heterocycles. The standard InChI is InChI=1S/C23H22N4O5S/c1-27(2)33(30,31)21-10-6-7-17(15-21)23(29)32-16-22(28)24-18-11-13-20(14-12-18)26-25-19-8-4-3-5-9-19/h3-15H,16H2,1-2H3,(H,24,28). The number of nitrogens with one attached hydrogen (secondary N) is 1. The van der Waals surface area contributed by atoms with Gasteiger partial charge in [-0.3, -0.25) is 4.79 Å². The molecule has 0 aromatic heterocycles. The van der Waals surface area contributed by atoms with Crippen LogP contribution in [0.5, 0.6) is 0 Å². The molecule has 0 spiro atoms. The monoisotopic (exact) mass is 466 g/mol. The number of hydrogen-bond donors (Lipinski definition) is 1. The summed E-state index contributed by atoms with van der Waals surface area (Å²) in [6.45, 7) is -0.529. The van der Waals surface area contributed by atoms with Gasteiger partial charge in [0, 0.05) is 19.8 Å². The molecule has 10 heteroatoms. The van der Waals surface area contributed by atoms with Crippen molar-refractivity contribution in [2.75, 3.05) is 26.0 Å². The number of anilines is 1. The molecule has 1 N–H and O–H groups in total. The van der Waals surface area contributed by atoms with Gasteiger partial charge in [-0.15, -0.1) is 0 Å². The lowest BCUT2D eigenvalue weighted by molar-refractivity contribution is -0.119. The fourth-order valence-corrected chi connectivity index (χ4v) is 3.58. The van der Waals surface area contributed by atoms with Crippen molar-refractivity contribution in [1.29, 1.82) is 0 Å². The van der Waals surface area contributed by atoms with E-state index >= 15 is 0 Å². The highest BCUT2D eigenvalue weighted by atomic mass is 32.2. The first kappa shape index (κ1) is 23.8. The zero-order valence-corrected chi connectivity index (χ0v) is 18.8. The Bertz CT molecular complexity index is 1260. The Morgan fingerprint density at radius 2 is 1.52 bits per heavy atom. The van der Waals surface area contributed by atoms with Crippen molar-refractivity contribution < 1.29 is 22.7 Å². The summed E-state index contributed by atoms with van der Waals surface area (Å²) in [6, 6.07) is 21.4. The maximum Gasteiger partial charge on any atom is 0.338 e. The second-order valence-corrected chi connectivity index (χ2v) is 9.17. The smallest absolute Gasteiger partial charge is 0.338 e. The molecule has 3 aromatic rings. The van der Waals surface area contributed by atoms with Gasteiger partial charge in [-0.05, 0) is 54.6 Å². The second-order valence-electron chi connectivity index (χ2n) is 7.02. The zero-order valence-electron chi connectivity index (χ0n) is 18.0. The first-order valence-electron chi connectivity index (χ1n) is 9.82. The molecular formula is C23H22N4O5S. The van der Waals surface area contributed by atoms with E-state index in [4.69, 9.17) is 4.74 Å². The molecule has 3 aromatic carbocycles. The fourth-order valence-electron chi connectivity index (χ4n) is 2.63. The summed E-state index contributed by atoms with van der Waals surface area (Å²) >= 11 is 0. The largest absolute Gasteiger partial charge is 0.452 e. The molecule has 0 bridgehead atoms. The highest BCUT2D eigenvalue weighted by Gasteiger charge is 2.19. The Kier molecular flexibility index (Phi) is 7.65. The van der Waals surface area contributed by atoms with E-state index in [-0.39, 0.29) is 10.5 Å². The van der Waals surface area contributed by atoms with Gasteiger partial charge in [0.2, 0.25) is 10.0 Å². The second kappa shape index (κ2) is 10.6. The van der Waals surface area contributed by atoms with Gasteiger partial charge in [0.15, 0.2) is 6.61 Å². The predicted molar refractivity (Wildman–Crippen MR) is 123 cm³/mol. The summed E-state index contributed by atoms with van der Waals surface area (Å²) in [6.07, 6.45) is 0. The molecule has 0 aliphatic heterocycles. The van der Waals surface area contributed by atoms with Crippen LogP contribution in [0.15, 0.2) is 94.0 Å². The van der Waals surface area contributed by atoms with Gasteiger partial charge >= 0.3 is 5.97 Å². The number of rotatable bonds is 8. The summed E-state index contributed by atoms with van der Waals surface area (Å²) in [5, 5.41) is 10.8. The van der Waals surface area contributed by atoms with Crippen molar-refractivity contribution in [3.8, 4) is 0 Å². The number of sulfonamides is 1. The van der Waals surface area contributed by atoms with E-state index in [1.807, 2.05) is 30.3 Å². The summed E-state index contributed by atoms with van der Waals surface area (Å²) in [7, 11) is -0.912. The summed E-state index contributed by atoms with van der Waals surface area (Å²) in [5.41, 5.74) is 1.85. The molecule has 0 fully saturated rings. The molecule has 1 amide bonds. The third kappa shape index (κ3) is 6.55. The lowest BCUT2D eigenvalue weighted by atomic mass is 10.2. The van der Waals surface area contributed by atoms with Crippen molar-refractivity contribution in [1.82, 2.24) is 4.31 Å². The third-order valence-corrected chi connectivity index (χ3v) is 6.18. The molecule has 0 heterocycles. The molecule has 170 valence electrons. The van der Waals surface area contributed by atoms with E-state index in [0.29, 0.717) is 11.4 Å². The van der Waals surface area contributed by atoms with Gasteiger partial charge in [-0.1, -0.05) is 24.3 Å². The number of nitrogens with zero attached hydrogens (tertiary/aromatic N) is 3. The number of ether oxygens (including phenoxy) is 1. The Labute approximate surface area is 191 Å². The number of hydrogen-bond acceptors (Lipinski definition) is 7. The van der Waals surface area contributed by atoms with Gasteiger partial charge in [0.25, 0.3) is 5.91 Å². The van der Waals surface area contributed by atoms with Crippen LogP contribution in [-0.2, 0) is 19.6 Å². The number of benzene rings is 3. The number of esters is 1. The first-order chi connectivity index (χ1) is 15.8. The van der Waals surface area contributed by atoms with E-state index < -0.39 is 28.5 Å². The van der Waals surface area contributed by atoms with E-state index in [1.54, 1.807) is 24.3 Å². The quantitative estimate of drug-likeness (QED) is 0.395. The SMILES string of the molecule is CN(C)S(=O)(=O)c1cccc(C(=O)OCC(=O)Nc2ccc(N=Nc3ccccc3)cc2)c1. The molecule has 9 nitrogen and oxygen atoms in total. The number of azo groups is 1. The van der Waals surface area contributed by atoms with Crippen LogP contribution in [0, 0.1) is 0 Å². The molecule has 0 unspecified atom stereocenters. The van der Waals surface area contributed by atoms with Crippen LogP contribution >= 0.6 is 0 Å². The Morgan fingerprint density at radius 1 is 0.879 bits per heavy atom. The minimum Gasteiger partial charge on any atom is -0.452 e. The highest BCUT2D eigenvalue weighted by Crippen LogP contribution is 2.20. The Morgan fingerprint density at radius 3 is 2.15 bits per heavy atom. The summed E-state index contributed by atoms with van der Waals surface area (Å²) < 4.78 is 30.5. The normalized spacial score (nSPS) is 11.5. The number of amides is 1. The minimum atomic E-state index is -3.70. The molecular weight excluding hydrogens is 444 g/mol. The highest BCUT2D eigenvalue weighted by molar-refractivity contribution is 7.89. The van der Waals surface area contributed by atoms with Gasteiger partial charge in [0.05, 0.1) is 21.8 Å². The topological polar surface area (TPSA) is 118 Å². The average molecular weight is 467 g/mol. The van der Waals surface area contributed by atoms with Crippen molar-refractivity contribution in [2.45, 2.75) is 4.90 Å². The number of carbonyl (C=O) groups excluding carboxylic acids is 2. The fraction of sp³-hybridized carbons (Fsp3) is 0.130. The molecule has 0 aliphatic carbocycles. The molecule has 0 saturated carbocycles. The first-order valence-corrected chi connectivity index (χ1v) is 11.3. The molecule has 0 aliphatic rings. The van der Waals surface area contributed by atoms with Gasteiger partial charge in [-0.2, -0.15) is 10.2 Å². The Balaban J connectivity index is 1.54. The zero-order chi connectivity index (χ0) is 23.8. The van der Waals surface area contributed by atoms with Crippen molar-refractivity contribution >= 4 is 39.0 Å². The van der Waals surface area contributed by atoms with Crippen LogP contribution in [0.2, 0.25) is 0 Å². The maximum absolute atomic E-state index is 12.3. The molecule has 0 atom stereocenters. The van der Waals surface area contributed by atoms with E-state index in [2.05, 4.69) is 15.5 Å². The third-order valence-electron chi connectivity index (χ3n) is 4.37.